The minimum atomic E-state index is -0.919. The molecular formula is C15H20ClF2NO2. The second kappa shape index (κ2) is 7.71. The monoisotopic (exact) mass is 319 g/mol. The van der Waals surface area contributed by atoms with Crippen molar-refractivity contribution in [1.29, 1.82) is 0 Å². The van der Waals surface area contributed by atoms with Gasteiger partial charge in [0.1, 0.15) is 11.6 Å². The third kappa shape index (κ3) is 4.14. The van der Waals surface area contributed by atoms with Gasteiger partial charge < -0.3 is 10.0 Å². The van der Waals surface area contributed by atoms with E-state index >= 15 is 0 Å². The lowest BCUT2D eigenvalue weighted by molar-refractivity contribution is -0.141. The summed E-state index contributed by atoms with van der Waals surface area (Å²) in [6.45, 7) is 3.83. The van der Waals surface area contributed by atoms with Gasteiger partial charge in [-0.05, 0) is 24.6 Å². The number of nitrogens with zero attached hydrogens (tertiary/aromatic N) is 1. The Morgan fingerprint density at radius 2 is 2.10 bits per heavy atom. The zero-order chi connectivity index (χ0) is 14.7. The molecule has 0 saturated carbocycles. The van der Waals surface area contributed by atoms with Crippen molar-refractivity contribution in [2.75, 3.05) is 19.6 Å². The largest absolute Gasteiger partial charge is 0.481 e. The molecule has 2 unspecified atom stereocenters. The number of carbonyl (C=O) groups is 1. The van der Waals surface area contributed by atoms with Gasteiger partial charge in [-0.1, -0.05) is 19.4 Å². The summed E-state index contributed by atoms with van der Waals surface area (Å²) in [7, 11) is 0. The number of likely N-dealkylation sites (tertiary alicyclic amines) is 1. The van der Waals surface area contributed by atoms with Crippen LogP contribution in [0.4, 0.5) is 8.78 Å². The van der Waals surface area contributed by atoms with Crippen molar-refractivity contribution >= 4 is 18.4 Å². The second-order valence-electron chi connectivity index (χ2n) is 5.33. The van der Waals surface area contributed by atoms with Gasteiger partial charge in [-0.25, -0.2) is 8.78 Å². The predicted octanol–water partition coefficient (Wildman–Crippen LogP) is 3.29. The molecule has 1 aromatic rings. The predicted molar refractivity (Wildman–Crippen MR) is 78.8 cm³/mol. The molecule has 21 heavy (non-hydrogen) atoms. The molecule has 0 bridgehead atoms. The number of carboxylic acid groups (broad SMARTS) is 1. The Labute approximate surface area is 129 Å². The molecule has 2 atom stereocenters. The number of rotatable bonds is 5. The molecule has 0 amide bonds. The van der Waals surface area contributed by atoms with Gasteiger partial charge in [0.05, 0.1) is 5.92 Å². The molecule has 1 heterocycles. The highest BCUT2D eigenvalue weighted by Crippen LogP contribution is 2.34. The fourth-order valence-corrected chi connectivity index (χ4v) is 2.82. The van der Waals surface area contributed by atoms with Crippen LogP contribution >= 0.6 is 12.4 Å². The first-order chi connectivity index (χ1) is 9.52. The SMILES string of the molecule is CCCCN1CC(C(=O)O)C(c2ccc(F)cc2F)C1.Cl. The summed E-state index contributed by atoms with van der Waals surface area (Å²) in [6, 6.07) is 3.38. The van der Waals surface area contributed by atoms with Crippen LogP contribution in [0.2, 0.25) is 0 Å². The van der Waals surface area contributed by atoms with Crippen LogP contribution < -0.4 is 0 Å². The van der Waals surface area contributed by atoms with E-state index in [4.69, 9.17) is 0 Å². The van der Waals surface area contributed by atoms with Crippen LogP contribution in [-0.4, -0.2) is 35.6 Å². The van der Waals surface area contributed by atoms with Crippen molar-refractivity contribution in [3.63, 3.8) is 0 Å². The third-order valence-electron chi connectivity index (χ3n) is 3.90. The number of aliphatic carboxylic acids is 1. The first kappa shape index (κ1) is 17.9. The highest BCUT2D eigenvalue weighted by molar-refractivity contribution is 5.85. The van der Waals surface area contributed by atoms with Crippen molar-refractivity contribution in [2.45, 2.75) is 25.7 Å². The van der Waals surface area contributed by atoms with Crippen molar-refractivity contribution in [3.05, 3.63) is 35.4 Å². The number of hydrogen-bond donors (Lipinski definition) is 1. The number of unbranched alkanes of at least 4 members (excludes halogenated alkanes) is 1. The molecule has 0 aromatic heterocycles. The van der Waals surface area contributed by atoms with Crippen LogP contribution in [0.1, 0.15) is 31.2 Å². The normalized spacial score (nSPS) is 22.0. The van der Waals surface area contributed by atoms with Gasteiger partial charge in [0.15, 0.2) is 0 Å². The van der Waals surface area contributed by atoms with Crippen molar-refractivity contribution in [2.24, 2.45) is 5.92 Å². The van der Waals surface area contributed by atoms with E-state index in [1.807, 2.05) is 0 Å². The van der Waals surface area contributed by atoms with Gasteiger partial charge >= 0.3 is 5.97 Å². The van der Waals surface area contributed by atoms with Crippen molar-refractivity contribution < 1.29 is 18.7 Å². The maximum atomic E-state index is 13.9. The molecule has 1 aliphatic rings. The minimum Gasteiger partial charge on any atom is -0.481 e. The van der Waals surface area contributed by atoms with Gasteiger partial charge in [0, 0.05) is 25.1 Å². The van der Waals surface area contributed by atoms with Crippen LogP contribution in [0.15, 0.2) is 18.2 Å². The minimum absolute atomic E-state index is 0. The summed E-state index contributed by atoms with van der Waals surface area (Å²) in [5.74, 6) is -3.26. The van der Waals surface area contributed by atoms with Crippen molar-refractivity contribution in [3.8, 4) is 0 Å². The lowest BCUT2D eigenvalue weighted by atomic mass is 9.88. The maximum absolute atomic E-state index is 13.9. The van der Waals surface area contributed by atoms with Gasteiger partial charge in [0.2, 0.25) is 0 Å². The lowest BCUT2D eigenvalue weighted by Gasteiger charge is -2.16. The molecule has 1 saturated heterocycles. The summed E-state index contributed by atoms with van der Waals surface area (Å²) < 4.78 is 26.8. The van der Waals surface area contributed by atoms with Gasteiger partial charge in [-0.2, -0.15) is 0 Å². The third-order valence-corrected chi connectivity index (χ3v) is 3.90. The molecular weight excluding hydrogens is 300 g/mol. The van der Waals surface area contributed by atoms with E-state index in [-0.39, 0.29) is 12.4 Å². The van der Waals surface area contributed by atoms with Crippen molar-refractivity contribution in [1.82, 2.24) is 4.90 Å². The summed E-state index contributed by atoms with van der Waals surface area (Å²) in [5.41, 5.74) is 0.304. The molecule has 0 aliphatic carbocycles. The average Bonchev–Trinajstić information content (AvgIpc) is 2.80. The summed E-state index contributed by atoms with van der Waals surface area (Å²) >= 11 is 0. The number of hydrogen-bond acceptors (Lipinski definition) is 2. The Kier molecular flexibility index (Phi) is 6.55. The smallest absolute Gasteiger partial charge is 0.308 e. The fraction of sp³-hybridized carbons (Fsp3) is 0.533. The Bertz CT molecular complexity index is 499. The Morgan fingerprint density at radius 3 is 2.67 bits per heavy atom. The molecule has 1 aromatic carbocycles. The van der Waals surface area contributed by atoms with E-state index in [0.717, 1.165) is 25.5 Å². The van der Waals surface area contributed by atoms with Crippen LogP contribution in [0.25, 0.3) is 0 Å². The average molecular weight is 320 g/mol. The highest BCUT2D eigenvalue weighted by atomic mass is 35.5. The number of halogens is 3. The first-order valence-electron chi connectivity index (χ1n) is 6.93. The van der Waals surface area contributed by atoms with Crippen LogP contribution in [-0.2, 0) is 4.79 Å². The molecule has 1 fully saturated rings. The molecule has 1 N–H and O–H groups in total. The summed E-state index contributed by atoms with van der Waals surface area (Å²) in [4.78, 5) is 13.4. The molecule has 3 nitrogen and oxygen atoms in total. The quantitative estimate of drug-likeness (QED) is 0.905. The van der Waals surface area contributed by atoms with E-state index in [1.165, 1.54) is 12.1 Å². The summed E-state index contributed by atoms with van der Waals surface area (Å²) in [5, 5.41) is 9.31. The molecule has 6 heteroatoms. The standard InChI is InChI=1S/C15H19F2NO2.ClH/c1-2-3-6-18-8-12(13(9-18)15(19)20)11-5-4-10(16)7-14(11)17;/h4-5,7,12-13H,2-3,6,8-9H2,1H3,(H,19,20);1H. The topological polar surface area (TPSA) is 40.5 Å². The van der Waals surface area contributed by atoms with Crippen LogP contribution in [0.5, 0.6) is 0 Å². The Morgan fingerprint density at radius 1 is 1.38 bits per heavy atom. The van der Waals surface area contributed by atoms with E-state index in [2.05, 4.69) is 11.8 Å². The van der Waals surface area contributed by atoms with Crippen LogP contribution in [0, 0.1) is 17.6 Å². The Balaban J connectivity index is 0.00000220. The zero-order valence-electron chi connectivity index (χ0n) is 11.9. The molecule has 2 rings (SSSR count). The number of benzene rings is 1. The van der Waals surface area contributed by atoms with E-state index < -0.39 is 29.4 Å². The highest BCUT2D eigenvalue weighted by Gasteiger charge is 2.39. The first-order valence-corrected chi connectivity index (χ1v) is 6.93. The molecule has 0 spiro atoms. The second-order valence-corrected chi connectivity index (χ2v) is 5.33. The van der Waals surface area contributed by atoms with Gasteiger partial charge in [0.25, 0.3) is 0 Å². The molecule has 0 radical (unpaired) electrons. The van der Waals surface area contributed by atoms with Gasteiger partial charge in [-0.3, -0.25) is 4.79 Å². The fourth-order valence-electron chi connectivity index (χ4n) is 2.82. The molecule has 118 valence electrons. The van der Waals surface area contributed by atoms with Crippen LogP contribution in [0.3, 0.4) is 0 Å². The molecule has 1 aliphatic heterocycles. The maximum Gasteiger partial charge on any atom is 0.308 e. The Hall–Kier alpha value is -1.20. The lowest BCUT2D eigenvalue weighted by Crippen LogP contribution is -2.24. The summed E-state index contributed by atoms with van der Waals surface area (Å²) in [6.07, 6.45) is 2.02. The number of carboxylic acids is 1. The van der Waals surface area contributed by atoms with E-state index in [0.29, 0.717) is 18.7 Å². The van der Waals surface area contributed by atoms with E-state index in [1.54, 1.807) is 0 Å². The van der Waals surface area contributed by atoms with Gasteiger partial charge in [-0.15, -0.1) is 12.4 Å². The van der Waals surface area contributed by atoms with E-state index in [9.17, 15) is 18.7 Å². The zero-order valence-corrected chi connectivity index (χ0v) is 12.7.